The lowest BCUT2D eigenvalue weighted by molar-refractivity contribution is 0.370. The monoisotopic (exact) mass is 556 g/mol. The van der Waals surface area contributed by atoms with E-state index in [-0.39, 0.29) is 16.2 Å². The summed E-state index contributed by atoms with van der Waals surface area (Å²) in [6, 6.07) is 36.4. The molecule has 0 saturated carbocycles. The van der Waals surface area contributed by atoms with Crippen LogP contribution in [0.4, 0.5) is 0 Å². The van der Waals surface area contributed by atoms with Gasteiger partial charge in [0.25, 0.3) is 0 Å². The molecule has 0 bridgehead atoms. The Hall–Kier alpha value is -3.76. The quantitative estimate of drug-likeness (QED) is 0.170. The van der Waals surface area contributed by atoms with E-state index in [1.807, 2.05) is 6.92 Å². The van der Waals surface area contributed by atoms with Gasteiger partial charge in [0.05, 0.1) is 5.41 Å². The topological polar surface area (TPSA) is 9.23 Å². The standard InChI is InChI=1S/C41H48O/c1-11-12-29-42-37-27-25-36(26-28-37)41(33-19-13-30(14-20-33)38(2,3)4,34-21-15-31(16-22-34)39(5,6)7)35-23-17-32(18-24-35)40(8,9)10/h13-28H,29H2,1-10H3. The molecular weight excluding hydrogens is 508 g/mol. The van der Waals surface area contributed by atoms with Crippen molar-refractivity contribution < 1.29 is 4.74 Å². The maximum atomic E-state index is 5.92. The second kappa shape index (κ2) is 11.9. The zero-order chi connectivity index (χ0) is 30.8. The molecule has 4 rings (SSSR count). The highest BCUT2D eigenvalue weighted by atomic mass is 16.5. The summed E-state index contributed by atoms with van der Waals surface area (Å²) in [5, 5.41) is 0. The lowest BCUT2D eigenvalue weighted by Crippen LogP contribution is -2.31. The molecule has 0 fully saturated rings. The second-order valence-electron chi connectivity index (χ2n) is 14.5. The molecule has 1 nitrogen and oxygen atoms in total. The van der Waals surface area contributed by atoms with Crippen molar-refractivity contribution in [1.82, 2.24) is 0 Å². The third-order valence-electron chi connectivity index (χ3n) is 8.33. The van der Waals surface area contributed by atoms with Crippen LogP contribution in [-0.4, -0.2) is 6.61 Å². The van der Waals surface area contributed by atoms with Crippen LogP contribution < -0.4 is 4.74 Å². The van der Waals surface area contributed by atoms with Crippen molar-refractivity contribution in [2.75, 3.05) is 6.61 Å². The average molecular weight is 557 g/mol. The van der Waals surface area contributed by atoms with E-state index < -0.39 is 5.41 Å². The molecule has 4 aromatic rings. The van der Waals surface area contributed by atoms with E-state index in [4.69, 9.17) is 4.74 Å². The van der Waals surface area contributed by atoms with E-state index in [0.717, 1.165) is 5.75 Å². The molecule has 0 amide bonds. The first kappa shape index (κ1) is 31.2. The number of rotatable bonds is 6. The summed E-state index contributed by atoms with van der Waals surface area (Å²) in [7, 11) is 0. The van der Waals surface area contributed by atoms with Gasteiger partial charge in [0.15, 0.2) is 0 Å². The highest BCUT2D eigenvalue weighted by Crippen LogP contribution is 2.46. The fourth-order valence-electron chi connectivity index (χ4n) is 5.65. The molecule has 0 radical (unpaired) electrons. The zero-order valence-electron chi connectivity index (χ0n) is 27.4. The van der Waals surface area contributed by atoms with E-state index in [0.29, 0.717) is 6.61 Å². The zero-order valence-corrected chi connectivity index (χ0v) is 27.4. The van der Waals surface area contributed by atoms with Gasteiger partial charge in [0, 0.05) is 0 Å². The van der Waals surface area contributed by atoms with Crippen LogP contribution in [0.2, 0.25) is 0 Å². The third-order valence-corrected chi connectivity index (χ3v) is 8.33. The molecule has 0 spiro atoms. The highest BCUT2D eigenvalue weighted by Gasteiger charge is 2.39. The first-order valence-corrected chi connectivity index (χ1v) is 15.1. The molecule has 0 unspecified atom stereocenters. The summed E-state index contributed by atoms with van der Waals surface area (Å²) >= 11 is 0. The summed E-state index contributed by atoms with van der Waals surface area (Å²) in [5.74, 6) is 6.73. The SMILES string of the molecule is CC#CCOc1ccc(C(c2ccc(C(C)(C)C)cc2)(c2ccc(C(C)(C)C)cc2)c2ccc(C(C)(C)C)cc2)cc1. The Labute approximate surface area is 255 Å². The van der Waals surface area contributed by atoms with Gasteiger partial charge in [0.1, 0.15) is 12.4 Å². The van der Waals surface area contributed by atoms with E-state index in [2.05, 4.69) is 171 Å². The van der Waals surface area contributed by atoms with E-state index >= 15 is 0 Å². The van der Waals surface area contributed by atoms with Gasteiger partial charge in [0.2, 0.25) is 0 Å². The van der Waals surface area contributed by atoms with Gasteiger partial charge in [-0.1, -0.05) is 153 Å². The van der Waals surface area contributed by atoms with E-state index in [9.17, 15) is 0 Å². The van der Waals surface area contributed by atoms with Gasteiger partial charge in [-0.2, -0.15) is 0 Å². The van der Waals surface area contributed by atoms with Crippen molar-refractivity contribution in [3.8, 4) is 17.6 Å². The van der Waals surface area contributed by atoms with Gasteiger partial charge in [-0.15, -0.1) is 5.92 Å². The first-order chi connectivity index (χ1) is 19.7. The van der Waals surface area contributed by atoms with Crippen molar-refractivity contribution in [3.63, 3.8) is 0 Å². The maximum Gasteiger partial charge on any atom is 0.149 e. The summed E-state index contributed by atoms with van der Waals surface area (Å²) in [6.07, 6.45) is 0. The Bertz CT molecular complexity index is 1380. The number of hydrogen-bond donors (Lipinski definition) is 0. The Morgan fingerprint density at radius 3 is 0.952 bits per heavy atom. The molecule has 0 N–H and O–H groups in total. The van der Waals surface area contributed by atoms with Gasteiger partial charge >= 0.3 is 0 Å². The molecule has 0 saturated heterocycles. The van der Waals surface area contributed by atoms with Crippen LogP contribution in [0.1, 0.15) is 108 Å². The highest BCUT2D eigenvalue weighted by molar-refractivity contribution is 5.61. The molecular formula is C41H48O. The second-order valence-corrected chi connectivity index (χ2v) is 14.5. The minimum absolute atomic E-state index is 0.0737. The fourth-order valence-corrected chi connectivity index (χ4v) is 5.65. The Morgan fingerprint density at radius 2 is 0.690 bits per heavy atom. The van der Waals surface area contributed by atoms with Crippen LogP contribution in [0.3, 0.4) is 0 Å². The van der Waals surface area contributed by atoms with E-state index in [1.54, 1.807) is 0 Å². The number of hydrogen-bond acceptors (Lipinski definition) is 1. The predicted octanol–water partition coefficient (Wildman–Crippen LogP) is 10.4. The molecule has 0 aliphatic rings. The molecule has 0 heterocycles. The van der Waals surface area contributed by atoms with Gasteiger partial charge < -0.3 is 4.74 Å². The van der Waals surface area contributed by atoms with Crippen LogP contribution in [0.5, 0.6) is 5.75 Å². The Morgan fingerprint density at radius 1 is 0.429 bits per heavy atom. The van der Waals surface area contributed by atoms with Crippen LogP contribution in [0.15, 0.2) is 97.1 Å². The number of benzene rings is 4. The summed E-state index contributed by atoms with van der Waals surface area (Å²) in [5.41, 5.74) is 8.61. The maximum absolute atomic E-state index is 5.92. The van der Waals surface area contributed by atoms with Crippen LogP contribution in [-0.2, 0) is 21.7 Å². The largest absolute Gasteiger partial charge is 0.481 e. The summed E-state index contributed by atoms with van der Waals surface area (Å²) < 4.78 is 5.92. The van der Waals surface area contributed by atoms with Crippen LogP contribution in [0, 0.1) is 11.8 Å². The number of ether oxygens (including phenoxy) is 1. The lowest BCUT2D eigenvalue weighted by Gasteiger charge is -2.38. The summed E-state index contributed by atoms with van der Waals surface area (Å²) in [6.45, 7) is 22.7. The van der Waals surface area contributed by atoms with Crippen LogP contribution in [0.25, 0.3) is 0 Å². The molecule has 42 heavy (non-hydrogen) atoms. The molecule has 0 atom stereocenters. The fraction of sp³-hybridized carbons (Fsp3) is 0.366. The van der Waals surface area contributed by atoms with Gasteiger partial charge in [-0.05, 0) is 74.2 Å². The minimum atomic E-state index is -0.523. The minimum Gasteiger partial charge on any atom is -0.481 e. The molecule has 0 aromatic heterocycles. The van der Waals surface area contributed by atoms with Gasteiger partial charge in [-0.25, -0.2) is 0 Å². The van der Waals surface area contributed by atoms with Crippen molar-refractivity contribution in [2.24, 2.45) is 0 Å². The predicted molar refractivity (Wildman–Crippen MR) is 180 cm³/mol. The molecule has 1 heteroatoms. The molecule has 4 aromatic carbocycles. The molecule has 0 aliphatic heterocycles. The molecule has 218 valence electrons. The first-order valence-electron chi connectivity index (χ1n) is 15.1. The molecule has 0 aliphatic carbocycles. The lowest BCUT2D eigenvalue weighted by atomic mass is 9.64. The van der Waals surface area contributed by atoms with Crippen molar-refractivity contribution in [3.05, 3.63) is 136 Å². The summed E-state index contributed by atoms with van der Waals surface area (Å²) in [4.78, 5) is 0. The smallest absolute Gasteiger partial charge is 0.149 e. The van der Waals surface area contributed by atoms with Crippen LogP contribution >= 0.6 is 0 Å². The average Bonchev–Trinajstić information content (AvgIpc) is 2.94. The third kappa shape index (κ3) is 6.50. The Balaban J connectivity index is 2.03. The van der Waals surface area contributed by atoms with E-state index in [1.165, 1.54) is 38.9 Å². The normalized spacial score (nSPS) is 12.4. The van der Waals surface area contributed by atoms with Crippen molar-refractivity contribution in [1.29, 1.82) is 0 Å². The van der Waals surface area contributed by atoms with Crippen molar-refractivity contribution in [2.45, 2.75) is 90.9 Å². The van der Waals surface area contributed by atoms with Crippen molar-refractivity contribution >= 4 is 0 Å². The Kier molecular flexibility index (Phi) is 8.80. The van der Waals surface area contributed by atoms with Gasteiger partial charge in [-0.3, -0.25) is 0 Å².